The van der Waals surface area contributed by atoms with Gasteiger partial charge in [0.25, 0.3) is 15.9 Å². The Labute approximate surface area is 203 Å². The van der Waals surface area contributed by atoms with Crippen LogP contribution in [0.1, 0.15) is 40.6 Å². The van der Waals surface area contributed by atoms with Gasteiger partial charge in [0.1, 0.15) is 10.6 Å². The molecular weight excluding hydrogens is 466 g/mol. The summed E-state index contributed by atoms with van der Waals surface area (Å²) in [7, 11) is -2.61. The predicted molar refractivity (Wildman–Crippen MR) is 131 cm³/mol. The molecule has 1 aliphatic rings. The van der Waals surface area contributed by atoms with Crippen molar-refractivity contribution in [2.75, 3.05) is 18.4 Å². The first-order valence-corrected chi connectivity index (χ1v) is 12.7. The topological polar surface area (TPSA) is 106 Å². The largest absolute Gasteiger partial charge is 0.495 e. The maximum Gasteiger partial charge on any atom is 0.265 e. The van der Waals surface area contributed by atoms with Gasteiger partial charge in [-0.15, -0.1) is 10.2 Å². The van der Waals surface area contributed by atoms with Crippen LogP contribution < -0.4 is 9.46 Å². The summed E-state index contributed by atoms with van der Waals surface area (Å²) in [6, 6.07) is 16.9. The highest BCUT2D eigenvalue weighted by Gasteiger charge is 2.34. The van der Waals surface area contributed by atoms with E-state index < -0.39 is 10.0 Å². The van der Waals surface area contributed by atoms with Gasteiger partial charge < -0.3 is 9.64 Å². The fourth-order valence-corrected chi connectivity index (χ4v) is 5.64. The molecule has 180 valence electrons. The summed E-state index contributed by atoms with van der Waals surface area (Å²) in [6.07, 6.45) is 3.44. The molecule has 1 fully saturated rings. The highest BCUT2D eigenvalue weighted by molar-refractivity contribution is 7.92. The van der Waals surface area contributed by atoms with Crippen molar-refractivity contribution in [2.45, 2.75) is 30.7 Å². The zero-order valence-electron chi connectivity index (χ0n) is 19.4. The van der Waals surface area contributed by atoms with Crippen molar-refractivity contribution in [1.29, 1.82) is 0 Å². The van der Waals surface area contributed by atoms with Gasteiger partial charge in [-0.05, 0) is 62.2 Å². The molecule has 0 spiro atoms. The molecule has 1 aliphatic heterocycles. The quantitative estimate of drug-likeness (QED) is 0.440. The number of aromatic nitrogens is 3. The summed E-state index contributed by atoms with van der Waals surface area (Å²) in [4.78, 5) is 15.2. The molecule has 3 heterocycles. The lowest BCUT2D eigenvalue weighted by molar-refractivity contribution is 0.0729. The Morgan fingerprint density at radius 1 is 1.09 bits per heavy atom. The van der Waals surface area contributed by atoms with Crippen LogP contribution in [0.25, 0.3) is 5.65 Å². The van der Waals surface area contributed by atoms with Gasteiger partial charge in [0.15, 0.2) is 11.5 Å². The fraction of sp³-hybridized carbons (Fsp3) is 0.240. The Morgan fingerprint density at radius 3 is 2.66 bits per heavy atom. The molecule has 1 atom stereocenters. The monoisotopic (exact) mass is 491 g/mol. The number of likely N-dealkylation sites (tertiary alicyclic amines) is 1. The van der Waals surface area contributed by atoms with Crippen LogP contribution in [0, 0.1) is 6.92 Å². The van der Waals surface area contributed by atoms with E-state index in [1.807, 2.05) is 47.9 Å². The van der Waals surface area contributed by atoms with Crippen LogP contribution in [0.2, 0.25) is 0 Å². The third-order valence-corrected chi connectivity index (χ3v) is 7.56. The number of rotatable bonds is 6. The van der Waals surface area contributed by atoms with E-state index in [0.29, 0.717) is 23.7 Å². The second-order valence-electron chi connectivity index (χ2n) is 8.48. The molecule has 4 aromatic rings. The summed E-state index contributed by atoms with van der Waals surface area (Å²) >= 11 is 0. The molecule has 10 heteroatoms. The van der Waals surface area contributed by atoms with E-state index in [0.717, 1.165) is 18.4 Å². The third-order valence-electron chi connectivity index (χ3n) is 6.16. The number of fused-ring (bicyclic) bond motifs is 1. The van der Waals surface area contributed by atoms with Gasteiger partial charge in [0.2, 0.25) is 0 Å². The second-order valence-corrected chi connectivity index (χ2v) is 10.1. The SMILES string of the molecule is COc1ccc(C(=O)N2CCC[C@@H]2c2nnc3ccccn23)cc1S(=O)(=O)Nc1ccc(C)cc1. The number of hydrogen-bond donors (Lipinski definition) is 1. The Balaban J connectivity index is 1.47. The maximum absolute atomic E-state index is 13.6. The van der Waals surface area contributed by atoms with Crippen LogP contribution in [-0.4, -0.2) is 47.5 Å². The molecular formula is C25H25N5O4S. The van der Waals surface area contributed by atoms with Crippen LogP contribution in [0.15, 0.2) is 71.8 Å². The van der Waals surface area contributed by atoms with Gasteiger partial charge in [-0.2, -0.15) is 0 Å². The van der Waals surface area contributed by atoms with Crippen LogP contribution >= 0.6 is 0 Å². The Morgan fingerprint density at radius 2 is 1.89 bits per heavy atom. The molecule has 2 aromatic heterocycles. The van der Waals surface area contributed by atoms with E-state index in [2.05, 4.69) is 14.9 Å². The van der Waals surface area contributed by atoms with Crippen molar-refractivity contribution in [3.8, 4) is 5.75 Å². The predicted octanol–water partition coefficient (Wildman–Crippen LogP) is 3.82. The minimum atomic E-state index is -4.01. The van der Waals surface area contributed by atoms with Crippen molar-refractivity contribution in [1.82, 2.24) is 19.5 Å². The number of anilines is 1. The molecule has 35 heavy (non-hydrogen) atoms. The average molecular weight is 492 g/mol. The van der Waals surface area contributed by atoms with Crippen LogP contribution in [0.4, 0.5) is 5.69 Å². The summed E-state index contributed by atoms with van der Waals surface area (Å²) in [5.41, 5.74) is 2.41. The highest BCUT2D eigenvalue weighted by atomic mass is 32.2. The van der Waals surface area contributed by atoms with Crippen LogP contribution in [0.5, 0.6) is 5.75 Å². The average Bonchev–Trinajstić information content (AvgIpc) is 3.51. The van der Waals surface area contributed by atoms with Gasteiger partial charge in [-0.3, -0.25) is 13.9 Å². The summed E-state index contributed by atoms with van der Waals surface area (Å²) in [6.45, 7) is 2.46. The molecule has 0 aliphatic carbocycles. The molecule has 0 unspecified atom stereocenters. The number of carbonyl (C=O) groups is 1. The Kier molecular flexibility index (Phi) is 5.89. The lowest BCUT2D eigenvalue weighted by Crippen LogP contribution is -2.31. The molecule has 0 saturated carbocycles. The second kappa shape index (κ2) is 9.03. The fourth-order valence-electron chi connectivity index (χ4n) is 4.38. The minimum Gasteiger partial charge on any atom is -0.495 e. The van der Waals surface area contributed by atoms with Crippen molar-refractivity contribution >= 4 is 27.3 Å². The number of amides is 1. The van der Waals surface area contributed by atoms with Crippen molar-refractivity contribution < 1.29 is 17.9 Å². The number of hydrogen-bond acceptors (Lipinski definition) is 6. The number of nitrogens with one attached hydrogen (secondary N) is 1. The summed E-state index contributed by atoms with van der Waals surface area (Å²) < 4.78 is 36.2. The molecule has 0 bridgehead atoms. The first-order chi connectivity index (χ1) is 16.9. The molecule has 9 nitrogen and oxygen atoms in total. The number of carbonyl (C=O) groups excluding carboxylic acids is 1. The van der Waals surface area contributed by atoms with E-state index in [1.54, 1.807) is 23.1 Å². The lowest BCUT2D eigenvalue weighted by Gasteiger charge is -2.24. The summed E-state index contributed by atoms with van der Waals surface area (Å²) in [5, 5.41) is 8.55. The Hall–Kier alpha value is -3.92. The van der Waals surface area contributed by atoms with Gasteiger partial charge >= 0.3 is 0 Å². The smallest absolute Gasteiger partial charge is 0.265 e. The molecule has 1 N–H and O–H groups in total. The maximum atomic E-state index is 13.6. The molecule has 1 amide bonds. The number of pyridine rings is 1. The van der Waals surface area contributed by atoms with Gasteiger partial charge in [-0.1, -0.05) is 23.8 Å². The normalized spacial score (nSPS) is 15.9. The van der Waals surface area contributed by atoms with Gasteiger partial charge in [0.05, 0.1) is 13.2 Å². The highest BCUT2D eigenvalue weighted by Crippen LogP contribution is 2.34. The van der Waals surface area contributed by atoms with E-state index in [-0.39, 0.29) is 28.2 Å². The first kappa shape index (κ1) is 22.9. The molecule has 0 radical (unpaired) electrons. The van der Waals surface area contributed by atoms with E-state index in [1.165, 1.54) is 19.2 Å². The lowest BCUT2D eigenvalue weighted by atomic mass is 10.1. The van der Waals surface area contributed by atoms with Crippen molar-refractivity contribution in [3.05, 3.63) is 83.8 Å². The van der Waals surface area contributed by atoms with Crippen molar-refractivity contribution in [3.63, 3.8) is 0 Å². The first-order valence-electron chi connectivity index (χ1n) is 11.3. The van der Waals surface area contributed by atoms with E-state index in [4.69, 9.17) is 4.74 Å². The number of sulfonamides is 1. The number of benzene rings is 2. The third kappa shape index (κ3) is 4.32. The zero-order valence-corrected chi connectivity index (χ0v) is 20.2. The minimum absolute atomic E-state index is 0.102. The standard InChI is InChI=1S/C25H25N5O4S/c1-17-8-11-19(12-9-17)28-35(32,33)22-16-18(10-13-21(22)34-2)25(31)29-15-5-6-20(29)24-27-26-23-7-3-4-14-30(23)24/h3-4,7-14,16,20,28H,5-6,15H2,1-2H3/t20-/m1/s1. The van der Waals surface area contributed by atoms with E-state index >= 15 is 0 Å². The Bertz CT molecular complexity index is 1500. The van der Waals surface area contributed by atoms with Crippen LogP contribution in [-0.2, 0) is 10.0 Å². The number of aryl methyl sites for hydroxylation is 1. The zero-order chi connectivity index (χ0) is 24.6. The van der Waals surface area contributed by atoms with Crippen LogP contribution in [0.3, 0.4) is 0 Å². The summed E-state index contributed by atoms with van der Waals surface area (Å²) in [5.74, 6) is 0.575. The van der Waals surface area contributed by atoms with E-state index in [9.17, 15) is 13.2 Å². The molecule has 2 aromatic carbocycles. The van der Waals surface area contributed by atoms with Crippen molar-refractivity contribution in [2.24, 2.45) is 0 Å². The molecule has 1 saturated heterocycles. The van der Waals surface area contributed by atoms with Gasteiger partial charge in [-0.25, -0.2) is 8.42 Å². The number of methoxy groups -OCH3 is 1. The molecule has 5 rings (SSSR count). The van der Waals surface area contributed by atoms with Gasteiger partial charge in [0, 0.05) is 24.0 Å². The number of ether oxygens (including phenoxy) is 1. The number of nitrogens with zero attached hydrogens (tertiary/aromatic N) is 4.